The Morgan fingerprint density at radius 3 is 2.59 bits per heavy atom. The van der Waals surface area contributed by atoms with Crippen molar-refractivity contribution in [2.75, 3.05) is 33.8 Å². The maximum atomic E-state index is 13.3. The Morgan fingerprint density at radius 1 is 1.07 bits per heavy atom. The summed E-state index contributed by atoms with van der Waals surface area (Å²) >= 11 is 0. The van der Waals surface area contributed by atoms with E-state index in [0.717, 1.165) is 30.0 Å². The molecule has 146 valence electrons. The number of nitrogens with one attached hydrogen (secondary N) is 2. The van der Waals surface area contributed by atoms with Gasteiger partial charge in [0.05, 0.1) is 6.54 Å². The molecular weight excluding hydrogens is 343 g/mol. The predicted octanol–water partition coefficient (Wildman–Crippen LogP) is 3.02. The van der Waals surface area contributed by atoms with Gasteiger partial charge in [0.25, 0.3) is 0 Å². The van der Waals surface area contributed by atoms with Gasteiger partial charge in [0.15, 0.2) is 5.96 Å². The maximum absolute atomic E-state index is 13.3. The summed E-state index contributed by atoms with van der Waals surface area (Å²) in [5, 5.41) is 6.51. The molecule has 0 saturated heterocycles. The van der Waals surface area contributed by atoms with Gasteiger partial charge in [-0.3, -0.25) is 0 Å². The molecule has 0 heterocycles. The smallest absolute Gasteiger partial charge is 0.191 e. The molecule has 2 aromatic carbocycles. The van der Waals surface area contributed by atoms with Gasteiger partial charge in [-0.1, -0.05) is 24.3 Å². The van der Waals surface area contributed by atoms with Crippen molar-refractivity contribution in [1.29, 1.82) is 0 Å². The van der Waals surface area contributed by atoms with E-state index in [1.165, 1.54) is 12.1 Å². The molecule has 0 radical (unpaired) electrons. The topological polar surface area (TPSA) is 48.9 Å². The summed E-state index contributed by atoms with van der Waals surface area (Å²) in [6.45, 7) is 5.34. The molecule has 6 heteroatoms. The minimum absolute atomic E-state index is 0.244. The summed E-state index contributed by atoms with van der Waals surface area (Å²) in [6, 6.07) is 14.5. The molecule has 2 rings (SSSR count). The predicted molar refractivity (Wildman–Crippen MR) is 109 cm³/mol. The van der Waals surface area contributed by atoms with Crippen LogP contribution >= 0.6 is 0 Å². The molecule has 0 amide bonds. The summed E-state index contributed by atoms with van der Waals surface area (Å²) in [5.74, 6) is 1.31. The second-order valence-electron chi connectivity index (χ2n) is 6.48. The highest BCUT2D eigenvalue weighted by Gasteiger charge is 2.02. The number of aliphatic imine (C=N–C) groups is 1. The number of benzene rings is 2. The largest absolute Gasteiger partial charge is 0.492 e. The van der Waals surface area contributed by atoms with E-state index >= 15 is 0 Å². The van der Waals surface area contributed by atoms with Crippen LogP contribution in [0, 0.1) is 5.82 Å². The summed E-state index contributed by atoms with van der Waals surface area (Å²) < 4.78 is 19.1. The number of likely N-dealkylation sites (N-methyl/N-ethyl adjacent to an activating group) is 1. The van der Waals surface area contributed by atoms with Crippen LogP contribution in [0.25, 0.3) is 0 Å². The molecule has 27 heavy (non-hydrogen) atoms. The van der Waals surface area contributed by atoms with Gasteiger partial charge in [0.1, 0.15) is 18.2 Å². The minimum atomic E-state index is -0.244. The Balaban J connectivity index is 1.91. The first-order valence-electron chi connectivity index (χ1n) is 9.20. The Morgan fingerprint density at radius 2 is 1.85 bits per heavy atom. The van der Waals surface area contributed by atoms with Gasteiger partial charge in [0.2, 0.25) is 0 Å². The first-order chi connectivity index (χ1) is 13.1. The number of hydrogen-bond donors (Lipinski definition) is 2. The number of halogens is 1. The van der Waals surface area contributed by atoms with Crippen LogP contribution in [0.3, 0.4) is 0 Å². The molecule has 0 aliphatic heterocycles. The van der Waals surface area contributed by atoms with E-state index in [1.807, 2.05) is 51.4 Å². The van der Waals surface area contributed by atoms with Crippen molar-refractivity contribution in [3.63, 3.8) is 0 Å². The Labute approximate surface area is 161 Å². The third-order valence-corrected chi connectivity index (χ3v) is 3.82. The molecule has 2 N–H and O–H groups in total. The van der Waals surface area contributed by atoms with Crippen LogP contribution < -0.4 is 15.4 Å². The van der Waals surface area contributed by atoms with Crippen molar-refractivity contribution in [1.82, 2.24) is 15.5 Å². The molecule has 0 spiro atoms. The lowest BCUT2D eigenvalue weighted by Gasteiger charge is -2.13. The normalized spacial score (nSPS) is 11.5. The highest BCUT2D eigenvalue weighted by atomic mass is 19.1. The van der Waals surface area contributed by atoms with Crippen molar-refractivity contribution in [2.45, 2.75) is 20.0 Å². The van der Waals surface area contributed by atoms with Crippen LogP contribution in [0.2, 0.25) is 0 Å². The van der Waals surface area contributed by atoms with Crippen LogP contribution in [0.1, 0.15) is 18.1 Å². The zero-order valence-electron chi connectivity index (χ0n) is 16.3. The fourth-order valence-electron chi connectivity index (χ4n) is 2.42. The molecule has 0 fully saturated rings. The van der Waals surface area contributed by atoms with Gasteiger partial charge in [-0.15, -0.1) is 0 Å². The fourth-order valence-corrected chi connectivity index (χ4v) is 2.42. The van der Waals surface area contributed by atoms with Crippen molar-refractivity contribution < 1.29 is 9.13 Å². The molecule has 0 bridgehead atoms. The second kappa shape index (κ2) is 11.2. The zero-order chi connectivity index (χ0) is 19.5. The van der Waals surface area contributed by atoms with Crippen molar-refractivity contribution >= 4 is 5.96 Å². The first-order valence-corrected chi connectivity index (χ1v) is 9.20. The number of nitrogens with zero attached hydrogens (tertiary/aromatic N) is 2. The van der Waals surface area contributed by atoms with Gasteiger partial charge in [-0.25, -0.2) is 9.38 Å². The molecule has 0 aliphatic rings. The van der Waals surface area contributed by atoms with Crippen LogP contribution in [0.15, 0.2) is 53.5 Å². The number of rotatable bonds is 9. The molecule has 0 aromatic heterocycles. The lowest BCUT2D eigenvalue weighted by molar-refractivity contribution is 0.261. The Kier molecular flexibility index (Phi) is 8.58. The number of hydrogen-bond acceptors (Lipinski definition) is 3. The van der Waals surface area contributed by atoms with Crippen molar-refractivity contribution in [2.24, 2.45) is 4.99 Å². The summed E-state index contributed by atoms with van der Waals surface area (Å²) in [6.07, 6.45) is 0. The Hall–Kier alpha value is -2.60. The van der Waals surface area contributed by atoms with Gasteiger partial charge >= 0.3 is 0 Å². The highest BCUT2D eigenvalue weighted by Crippen LogP contribution is 2.13. The zero-order valence-corrected chi connectivity index (χ0v) is 16.3. The summed E-state index contributed by atoms with van der Waals surface area (Å²) in [4.78, 5) is 6.61. The van der Waals surface area contributed by atoms with E-state index in [9.17, 15) is 4.39 Å². The summed E-state index contributed by atoms with van der Waals surface area (Å²) in [7, 11) is 4.05. The standard InChI is InChI=1S/C21H29FN4O/c1-4-23-21(24-15-17-7-5-9-19(22)13-17)25-16-18-8-6-10-20(14-18)27-12-11-26(2)3/h5-10,13-14H,4,11-12,15-16H2,1-3H3,(H2,23,24,25). The maximum Gasteiger partial charge on any atom is 0.191 e. The van der Waals surface area contributed by atoms with E-state index < -0.39 is 0 Å². The number of guanidine groups is 1. The molecule has 0 saturated carbocycles. The van der Waals surface area contributed by atoms with Gasteiger partial charge in [-0.05, 0) is 56.4 Å². The average molecular weight is 372 g/mol. The molecule has 2 aromatic rings. The highest BCUT2D eigenvalue weighted by molar-refractivity contribution is 5.79. The van der Waals surface area contributed by atoms with Crippen molar-refractivity contribution in [3.8, 4) is 5.75 Å². The summed E-state index contributed by atoms with van der Waals surface area (Å²) in [5.41, 5.74) is 1.94. The SMILES string of the molecule is CCNC(=NCc1cccc(F)c1)NCc1cccc(OCCN(C)C)c1. The molecule has 0 unspecified atom stereocenters. The van der Waals surface area contributed by atoms with Crippen LogP contribution in [0.4, 0.5) is 4.39 Å². The average Bonchev–Trinajstić information content (AvgIpc) is 2.64. The van der Waals surface area contributed by atoms with Gasteiger partial charge in [0, 0.05) is 19.6 Å². The lowest BCUT2D eigenvalue weighted by Crippen LogP contribution is -2.36. The van der Waals surface area contributed by atoms with E-state index in [-0.39, 0.29) is 5.82 Å². The quantitative estimate of drug-likeness (QED) is 0.525. The van der Waals surface area contributed by atoms with E-state index in [2.05, 4.69) is 20.5 Å². The van der Waals surface area contributed by atoms with Crippen molar-refractivity contribution in [3.05, 3.63) is 65.5 Å². The minimum Gasteiger partial charge on any atom is -0.492 e. The van der Waals surface area contributed by atoms with E-state index in [0.29, 0.717) is 25.7 Å². The third kappa shape index (κ3) is 8.09. The fraction of sp³-hybridized carbons (Fsp3) is 0.381. The molecular formula is C21H29FN4O. The lowest BCUT2D eigenvalue weighted by atomic mass is 10.2. The van der Waals surface area contributed by atoms with Crippen LogP contribution in [-0.4, -0.2) is 44.7 Å². The van der Waals surface area contributed by atoms with Crippen LogP contribution in [0.5, 0.6) is 5.75 Å². The van der Waals surface area contributed by atoms with Crippen LogP contribution in [-0.2, 0) is 13.1 Å². The molecule has 5 nitrogen and oxygen atoms in total. The molecule has 0 atom stereocenters. The first kappa shape index (κ1) is 20.7. The number of ether oxygens (including phenoxy) is 1. The van der Waals surface area contributed by atoms with E-state index in [1.54, 1.807) is 6.07 Å². The van der Waals surface area contributed by atoms with Gasteiger partial charge < -0.3 is 20.3 Å². The Bertz CT molecular complexity index is 734. The van der Waals surface area contributed by atoms with E-state index in [4.69, 9.17) is 4.74 Å². The third-order valence-electron chi connectivity index (χ3n) is 3.82. The monoisotopic (exact) mass is 372 g/mol. The van der Waals surface area contributed by atoms with Gasteiger partial charge in [-0.2, -0.15) is 0 Å². The second-order valence-corrected chi connectivity index (χ2v) is 6.48. The molecule has 0 aliphatic carbocycles.